The van der Waals surface area contributed by atoms with Gasteiger partial charge in [0.1, 0.15) is 29.3 Å². The van der Waals surface area contributed by atoms with Crippen LogP contribution in [0.5, 0.6) is 11.5 Å². The fraction of sp³-hybridized carbons (Fsp3) is 0.250. The summed E-state index contributed by atoms with van der Waals surface area (Å²) in [6, 6.07) is 17.7. The number of para-hydroxylation sites is 1. The van der Waals surface area contributed by atoms with Gasteiger partial charge in [-0.25, -0.2) is 14.6 Å². The fourth-order valence-corrected chi connectivity index (χ4v) is 4.18. The largest absolute Gasteiger partial charge is 0.457 e. The van der Waals surface area contributed by atoms with Crippen molar-refractivity contribution in [2.45, 2.75) is 31.8 Å². The molecule has 2 atom stereocenters. The van der Waals surface area contributed by atoms with Crippen molar-refractivity contribution < 1.29 is 4.74 Å². The van der Waals surface area contributed by atoms with Crippen LogP contribution < -0.4 is 10.5 Å². The number of likely N-dealkylation sites (tertiary alicyclic amines) is 1. The molecule has 3 heterocycles. The van der Waals surface area contributed by atoms with E-state index < -0.39 is 0 Å². The minimum Gasteiger partial charge on any atom is -0.457 e. The first-order valence-corrected chi connectivity index (χ1v) is 10.6. The van der Waals surface area contributed by atoms with Crippen LogP contribution >= 0.6 is 0 Å². The number of ether oxygens (including phenoxy) is 1. The molecule has 0 amide bonds. The highest BCUT2D eigenvalue weighted by atomic mass is 16.5. The molecule has 1 aliphatic rings. The zero-order chi connectivity index (χ0) is 22.1. The molecule has 2 aromatic carbocycles. The second kappa shape index (κ2) is 8.19. The maximum absolute atomic E-state index is 9.49. The Bertz CT molecular complexity index is 1280. The Hall–Kier alpha value is -4.12. The molecule has 2 aromatic heterocycles. The van der Waals surface area contributed by atoms with Crippen LogP contribution in [-0.2, 0) is 0 Å². The molecule has 2 N–H and O–H groups in total. The minimum atomic E-state index is 0.0390. The van der Waals surface area contributed by atoms with E-state index in [2.05, 4.69) is 23.1 Å². The quantitative estimate of drug-likeness (QED) is 0.484. The number of hydrogen-bond acceptors (Lipinski definition) is 7. The Morgan fingerprint density at radius 3 is 2.53 bits per heavy atom. The number of benzene rings is 2. The lowest BCUT2D eigenvalue weighted by Crippen LogP contribution is -2.39. The van der Waals surface area contributed by atoms with Crippen molar-refractivity contribution in [2.24, 2.45) is 0 Å². The molecular formula is C24H23N7O. The number of nitrogen functional groups attached to an aromatic ring is 1. The fourth-order valence-electron chi connectivity index (χ4n) is 4.18. The van der Waals surface area contributed by atoms with E-state index in [4.69, 9.17) is 15.6 Å². The normalized spacial score (nSPS) is 18.4. The van der Waals surface area contributed by atoms with E-state index in [1.54, 1.807) is 0 Å². The third-order valence-electron chi connectivity index (χ3n) is 5.96. The maximum atomic E-state index is 9.49. The molecule has 0 spiro atoms. The van der Waals surface area contributed by atoms with Crippen LogP contribution in [0.25, 0.3) is 22.3 Å². The zero-order valence-corrected chi connectivity index (χ0v) is 17.7. The van der Waals surface area contributed by atoms with Crippen LogP contribution in [0.3, 0.4) is 0 Å². The van der Waals surface area contributed by atoms with Crippen molar-refractivity contribution in [3.8, 4) is 28.9 Å². The Balaban J connectivity index is 1.51. The van der Waals surface area contributed by atoms with Gasteiger partial charge < -0.3 is 15.4 Å². The van der Waals surface area contributed by atoms with Crippen LogP contribution in [0, 0.1) is 11.5 Å². The molecule has 1 aliphatic heterocycles. The number of anilines is 1. The summed E-state index contributed by atoms with van der Waals surface area (Å²) in [5.74, 6) is 1.90. The van der Waals surface area contributed by atoms with Crippen molar-refractivity contribution in [3.63, 3.8) is 0 Å². The molecule has 0 bridgehead atoms. The van der Waals surface area contributed by atoms with Gasteiger partial charge in [-0.2, -0.15) is 10.4 Å². The molecule has 160 valence electrons. The summed E-state index contributed by atoms with van der Waals surface area (Å²) in [6.45, 7) is 2.67. The second-order valence-electron chi connectivity index (χ2n) is 8.02. The Morgan fingerprint density at radius 2 is 1.78 bits per heavy atom. The summed E-state index contributed by atoms with van der Waals surface area (Å²) in [7, 11) is 0. The molecule has 0 radical (unpaired) electrons. The second-order valence-corrected chi connectivity index (χ2v) is 8.02. The smallest absolute Gasteiger partial charge is 0.179 e. The number of fused-ring (bicyclic) bond motifs is 1. The van der Waals surface area contributed by atoms with Gasteiger partial charge in [0, 0.05) is 11.6 Å². The average Bonchev–Trinajstić information content (AvgIpc) is 3.22. The first-order chi connectivity index (χ1) is 15.6. The standard InChI is InChI=1S/C24H23N7O/c1-16-7-10-18(13-30(16)14-25)31-24-21(23(26)27-15-28-24)22(29-31)17-8-11-20(12-9-17)32-19-5-3-2-4-6-19/h2-6,8-9,11-12,15-16,18H,7,10,13H2,1H3,(H2,26,27,28)/t16-,18+/m1/s1. The molecule has 1 saturated heterocycles. The number of aromatic nitrogens is 4. The molecule has 8 heteroatoms. The van der Waals surface area contributed by atoms with Gasteiger partial charge in [-0.05, 0) is 56.2 Å². The lowest BCUT2D eigenvalue weighted by molar-refractivity contribution is 0.179. The Morgan fingerprint density at radius 1 is 1.03 bits per heavy atom. The summed E-state index contributed by atoms with van der Waals surface area (Å²) < 4.78 is 7.81. The van der Waals surface area contributed by atoms with Gasteiger partial charge in [-0.1, -0.05) is 18.2 Å². The topological polar surface area (TPSA) is 106 Å². The number of rotatable bonds is 4. The molecule has 0 unspecified atom stereocenters. The predicted octanol–water partition coefficient (Wildman–Crippen LogP) is 4.37. The van der Waals surface area contributed by atoms with E-state index >= 15 is 0 Å². The summed E-state index contributed by atoms with van der Waals surface area (Å²) >= 11 is 0. The molecule has 32 heavy (non-hydrogen) atoms. The molecule has 1 fully saturated rings. The third-order valence-corrected chi connectivity index (χ3v) is 5.96. The number of nitriles is 1. The summed E-state index contributed by atoms with van der Waals surface area (Å²) in [4.78, 5) is 10.5. The van der Waals surface area contributed by atoms with Gasteiger partial charge in [0.05, 0.1) is 18.0 Å². The van der Waals surface area contributed by atoms with E-state index in [1.807, 2.05) is 64.2 Å². The lowest BCUT2D eigenvalue weighted by atomic mass is 10.0. The van der Waals surface area contributed by atoms with E-state index in [0.717, 1.165) is 41.0 Å². The molecule has 5 rings (SSSR count). The van der Waals surface area contributed by atoms with Gasteiger partial charge in [-0.3, -0.25) is 0 Å². The molecule has 8 nitrogen and oxygen atoms in total. The van der Waals surface area contributed by atoms with Crippen molar-refractivity contribution in [2.75, 3.05) is 12.3 Å². The lowest BCUT2D eigenvalue weighted by Gasteiger charge is -2.34. The van der Waals surface area contributed by atoms with Crippen molar-refractivity contribution >= 4 is 16.9 Å². The Labute approximate surface area is 185 Å². The summed E-state index contributed by atoms with van der Waals surface area (Å²) in [5.41, 5.74) is 8.57. The average molecular weight is 425 g/mol. The third kappa shape index (κ3) is 3.58. The highest BCUT2D eigenvalue weighted by Gasteiger charge is 2.29. The number of nitrogens with two attached hydrogens (primary N) is 1. The van der Waals surface area contributed by atoms with Gasteiger partial charge in [0.25, 0.3) is 0 Å². The highest BCUT2D eigenvalue weighted by molar-refractivity contribution is 5.98. The van der Waals surface area contributed by atoms with Crippen LogP contribution in [-0.4, -0.2) is 37.2 Å². The monoisotopic (exact) mass is 425 g/mol. The van der Waals surface area contributed by atoms with Gasteiger partial charge in [0.2, 0.25) is 0 Å². The first kappa shape index (κ1) is 19.8. The van der Waals surface area contributed by atoms with Gasteiger partial charge in [0.15, 0.2) is 11.8 Å². The maximum Gasteiger partial charge on any atom is 0.179 e. The first-order valence-electron chi connectivity index (χ1n) is 10.6. The van der Waals surface area contributed by atoms with Crippen molar-refractivity contribution in [1.29, 1.82) is 5.26 Å². The van der Waals surface area contributed by atoms with Crippen LogP contribution in [0.15, 0.2) is 60.9 Å². The van der Waals surface area contributed by atoms with E-state index in [0.29, 0.717) is 18.0 Å². The SMILES string of the molecule is C[C@@H]1CC[C@H](n2nc(-c3ccc(Oc4ccccc4)cc3)c3c(N)ncnc32)CN1C#N. The van der Waals surface area contributed by atoms with Crippen molar-refractivity contribution in [1.82, 2.24) is 24.6 Å². The van der Waals surface area contributed by atoms with Crippen LogP contribution in [0.4, 0.5) is 5.82 Å². The number of piperidine rings is 1. The van der Waals surface area contributed by atoms with Gasteiger partial charge in [-0.15, -0.1) is 0 Å². The van der Waals surface area contributed by atoms with E-state index in [9.17, 15) is 5.26 Å². The molecule has 4 aromatic rings. The minimum absolute atomic E-state index is 0.0390. The highest BCUT2D eigenvalue weighted by Crippen LogP contribution is 2.35. The van der Waals surface area contributed by atoms with Crippen molar-refractivity contribution in [3.05, 3.63) is 60.9 Å². The molecular weight excluding hydrogens is 402 g/mol. The van der Waals surface area contributed by atoms with E-state index in [1.165, 1.54) is 6.33 Å². The van der Waals surface area contributed by atoms with Crippen LogP contribution in [0.1, 0.15) is 25.8 Å². The van der Waals surface area contributed by atoms with Gasteiger partial charge >= 0.3 is 0 Å². The summed E-state index contributed by atoms with van der Waals surface area (Å²) in [5, 5.41) is 15.1. The molecule has 0 saturated carbocycles. The number of hydrogen-bond donors (Lipinski definition) is 1. The predicted molar refractivity (Wildman–Crippen MR) is 122 cm³/mol. The van der Waals surface area contributed by atoms with Crippen LogP contribution in [0.2, 0.25) is 0 Å². The number of nitrogens with zero attached hydrogens (tertiary/aromatic N) is 6. The summed E-state index contributed by atoms with van der Waals surface area (Å²) in [6.07, 6.45) is 5.60. The molecule has 0 aliphatic carbocycles. The Kier molecular flexibility index (Phi) is 5.07. The van der Waals surface area contributed by atoms with E-state index in [-0.39, 0.29) is 12.1 Å². The zero-order valence-electron chi connectivity index (χ0n) is 17.7.